The fourth-order valence-corrected chi connectivity index (χ4v) is 2.96. The molecule has 29 heavy (non-hydrogen) atoms. The zero-order valence-corrected chi connectivity index (χ0v) is 18.2. The molecular formula is C23H29ClN2O3. The Morgan fingerprint density at radius 1 is 1.14 bits per heavy atom. The molecule has 0 aliphatic carbocycles. The predicted molar refractivity (Wildman–Crippen MR) is 116 cm³/mol. The van der Waals surface area contributed by atoms with Gasteiger partial charge in [0.15, 0.2) is 6.61 Å². The molecule has 2 rings (SSSR count). The van der Waals surface area contributed by atoms with Gasteiger partial charge in [0.05, 0.1) is 0 Å². The lowest BCUT2D eigenvalue weighted by Crippen LogP contribution is -2.50. The molecule has 5 nitrogen and oxygen atoms in total. The van der Waals surface area contributed by atoms with Crippen LogP contribution in [0.1, 0.15) is 38.3 Å². The lowest BCUT2D eigenvalue weighted by molar-refractivity contribution is -0.142. The highest BCUT2D eigenvalue weighted by molar-refractivity contribution is 6.30. The summed E-state index contributed by atoms with van der Waals surface area (Å²) in [5, 5.41) is 3.53. The van der Waals surface area contributed by atoms with Gasteiger partial charge in [0.25, 0.3) is 5.91 Å². The molecule has 0 unspecified atom stereocenters. The molecule has 6 heteroatoms. The number of ether oxygens (including phenoxy) is 1. The van der Waals surface area contributed by atoms with E-state index in [1.54, 1.807) is 19.1 Å². The first-order valence-electron chi connectivity index (χ1n) is 9.84. The Balaban J connectivity index is 2.14. The van der Waals surface area contributed by atoms with E-state index in [4.69, 9.17) is 16.3 Å². The standard InChI is InChI=1S/C23H29ClN2O3/c1-5-17(3)25-23(28)18(4)26(14-19-7-6-8-20(24)13-19)22(27)15-29-21-11-9-16(2)10-12-21/h6-13,17-18H,5,14-15H2,1-4H3,(H,25,28)/t17-,18-/m0/s1. The molecule has 2 aromatic rings. The van der Waals surface area contributed by atoms with Crippen LogP contribution in [0.2, 0.25) is 5.02 Å². The summed E-state index contributed by atoms with van der Waals surface area (Å²) in [6, 6.07) is 14.2. The highest BCUT2D eigenvalue weighted by atomic mass is 35.5. The van der Waals surface area contributed by atoms with Crippen molar-refractivity contribution in [2.45, 2.75) is 52.7 Å². The number of nitrogens with one attached hydrogen (secondary N) is 1. The number of rotatable bonds is 9. The summed E-state index contributed by atoms with van der Waals surface area (Å²) in [5.41, 5.74) is 1.96. The first-order chi connectivity index (χ1) is 13.8. The highest BCUT2D eigenvalue weighted by Gasteiger charge is 2.27. The molecule has 2 aromatic carbocycles. The monoisotopic (exact) mass is 416 g/mol. The topological polar surface area (TPSA) is 58.6 Å². The normalized spacial score (nSPS) is 12.7. The number of hydrogen-bond donors (Lipinski definition) is 1. The van der Waals surface area contributed by atoms with E-state index in [-0.39, 0.29) is 31.0 Å². The molecule has 0 radical (unpaired) electrons. The Bertz CT molecular complexity index is 823. The van der Waals surface area contributed by atoms with E-state index < -0.39 is 6.04 Å². The minimum absolute atomic E-state index is 0.0388. The van der Waals surface area contributed by atoms with Crippen LogP contribution in [0.5, 0.6) is 5.75 Å². The van der Waals surface area contributed by atoms with Crippen molar-refractivity contribution in [3.63, 3.8) is 0 Å². The van der Waals surface area contributed by atoms with Crippen LogP contribution in [0.25, 0.3) is 0 Å². The summed E-state index contributed by atoms with van der Waals surface area (Å²) in [4.78, 5) is 27.1. The number of nitrogens with zero attached hydrogens (tertiary/aromatic N) is 1. The van der Waals surface area contributed by atoms with Gasteiger partial charge in [-0.2, -0.15) is 0 Å². The minimum Gasteiger partial charge on any atom is -0.484 e. The number of carbonyl (C=O) groups excluding carboxylic acids is 2. The molecule has 0 fully saturated rings. The maximum Gasteiger partial charge on any atom is 0.261 e. The Kier molecular flexibility index (Phi) is 8.52. The van der Waals surface area contributed by atoms with Gasteiger partial charge in [0.2, 0.25) is 5.91 Å². The molecule has 0 aliphatic rings. The first-order valence-corrected chi connectivity index (χ1v) is 10.2. The van der Waals surface area contributed by atoms with Crippen LogP contribution in [-0.2, 0) is 16.1 Å². The van der Waals surface area contributed by atoms with Crippen LogP contribution in [0.4, 0.5) is 0 Å². The van der Waals surface area contributed by atoms with Crippen molar-refractivity contribution >= 4 is 23.4 Å². The molecule has 2 amide bonds. The Labute approximate surface area is 178 Å². The number of carbonyl (C=O) groups is 2. The van der Waals surface area contributed by atoms with Crippen molar-refractivity contribution < 1.29 is 14.3 Å². The molecule has 0 bridgehead atoms. The number of amides is 2. The maximum absolute atomic E-state index is 13.0. The average Bonchev–Trinajstić information content (AvgIpc) is 2.70. The number of hydrogen-bond acceptors (Lipinski definition) is 3. The van der Waals surface area contributed by atoms with E-state index >= 15 is 0 Å². The van der Waals surface area contributed by atoms with E-state index in [0.717, 1.165) is 17.5 Å². The quantitative estimate of drug-likeness (QED) is 0.660. The molecule has 2 atom stereocenters. The van der Waals surface area contributed by atoms with Crippen LogP contribution in [-0.4, -0.2) is 35.4 Å². The fraction of sp³-hybridized carbons (Fsp3) is 0.391. The van der Waals surface area contributed by atoms with Gasteiger partial charge in [0.1, 0.15) is 11.8 Å². The van der Waals surface area contributed by atoms with E-state index in [0.29, 0.717) is 10.8 Å². The van der Waals surface area contributed by atoms with Crippen LogP contribution < -0.4 is 10.1 Å². The van der Waals surface area contributed by atoms with Gasteiger partial charge in [-0.1, -0.05) is 48.4 Å². The zero-order valence-electron chi connectivity index (χ0n) is 17.4. The summed E-state index contributed by atoms with van der Waals surface area (Å²) in [6.07, 6.45) is 0.817. The van der Waals surface area contributed by atoms with Gasteiger partial charge in [-0.15, -0.1) is 0 Å². The third-order valence-electron chi connectivity index (χ3n) is 4.79. The maximum atomic E-state index is 13.0. The van der Waals surface area contributed by atoms with Crippen molar-refractivity contribution in [1.82, 2.24) is 10.2 Å². The third kappa shape index (κ3) is 7.09. The van der Waals surface area contributed by atoms with Crippen molar-refractivity contribution in [2.24, 2.45) is 0 Å². The fourth-order valence-electron chi connectivity index (χ4n) is 2.74. The van der Waals surface area contributed by atoms with Gasteiger partial charge in [0, 0.05) is 17.6 Å². The average molecular weight is 417 g/mol. The third-order valence-corrected chi connectivity index (χ3v) is 5.03. The Hall–Kier alpha value is -2.53. The minimum atomic E-state index is -0.642. The molecule has 0 saturated heterocycles. The molecule has 1 N–H and O–H groups in total. The van der Waals surface area contributed by atoms with Crippen LogP contribution in [0.15, 0.2) is 48.5 Å². The van der Waals surface area contributed by atoms with Crippen molar-refractivity contribution in [3.05, 3.63) is 64.7 Å². The van der Waals surface area contributed by atoms with Crippen LogP contribution >= 0.6 is 11.6 Å². The van der Waals surface area contributed by atoms with Crippen LogP contribution in [0.3, 0.4) is 0 Å². The summed E-state index contributed by atoms with van der Waals surface area (Å²) in [6.45, 7) is 7.77. The van der Waals surface area contributed by atoms with Crippen molar-refractivity contribution in [3.8, 4) is 5.75 Å². The number of halogens is 1. The van der Waals surface area contributed by atoms with Crippen molar-refractivity contribution in [2.75, 3.05) is 6.61 Å². The summed E-state index contributed by atoms with van der Waals surface area (Å²) in [5.74, 6) is 0.158. The SMILES string of the molecule is CC[C@H](C)NC(=O)[C@H](C)N(Cc1cccc(Cl)c1)C(=O)COc1ccc(C)cc1. The lowest BCUT2D eigenvalue weighted by Gasteiger charge is -2.29. The van der Waals surface area contributed by atoms with Gasteiger partial charge in [-0.05, 0) is 57.0 Å². The highest BCUT2D eigenvalue weighted by Crippen LogP contribution is 2.16. The molecular weight excluding hydrogens is 388 g/mol. The van der Waals surface area contributed by atoms with Crippen LogP contribution in [0, 0.1) is 6.92 Å². The van der Waals surface area contributed by atoms with E-state index in [1.165, 1.54) is 4.90 Å². The second kappa shape index (κ2) is 10.9. The van der Waals surface area contributed by atoms with Gasteiger partial charge < -0.3 is 15.0 Å². The lowest BCUT2D eigenvalue weighted by atomic mass is 10.1. The molecule has 0 saturated carbocycles. The second-order valence-corrected chi connectivity index (χ2v) is 7.68. The molecule has 0 heterocycles. The Morgan fingerprint density at radius 2 is 1.83 bits per heavy atom. The van der Waals surface area contributed by atoms with E-state index in [2.05, 4.69) is 5.32 Å². The van der Waals surface area contributed by atoms with E-state index in [9.17, 15) is 9.59 Å². The summed E-state index contributed by atoms with van der Waals surface area (Å²) >= 11 is 6.08. The largest absolute Gasteiger partial charge is 0.484 e. The Morgan fingerprint density at radius 3 is 2.45 bits per heavy atom. The van der Waals surface area contributed by atoms with E-state index in [1.807, 2.05) is 57.2 Å². The molecule has 0 aromatic heterocycles. The summed E-state index contributed by atoms with van der Waals surface area (Å²) in [7, 11) is 0. The predicted octanol–water partition coefficient (Wildman–Crippen LogP) is 4.36. The number of aryl methyl sites for hydroxylation is 1. The second-order valence-electron chi connectivity index (χ2n) is 7.25. The molecule has 156 valence electrons. The van der Waals surface area contributed by atoms with Gasteiger partial charge >= 0.3 is 0 Å². The molecule has 0 aliphatic heterocycles. The van der Waals surface area contributed by atoms with Gasteiger partial charge in [-0.3, -0.25) is 9.59 Å². The first kappa shape index (κ1) is 22.8. The zero-order chi connectivity index (χ0) is 21.4. The molecule has 0 spiro atoms. The van der Waals surface area contributed by atoms with Crippen molar-refractivity contribution in [1.29, 1.82) is 0 Å². The summed E-state index contributed by atoms with van der Waals surface area (Å²) < 4.78 is 5.65. The van der Waals surface area contributed by atoms with Gasteiger partial charge in [-0.25, -0.2) is 0 Å². The number of benzene rings is 2. The smallest absolute Gasteiger partial charge is 0.261 e.